The van der Waals surface area contributed by atoms with Crippen molar-refractivity contribution >= 4 is 39.0 Å². The second-order valence-corrected chi connectivity index (χ2v) is 7.76. The predicted molar refractivity (Wildman–Crippen MR) is 100 cm³/mol. The molecule has 0 spiro atoms. The molecular weight excluding hydrogens is 372 g/mol. The number of carbonyl (C=O) groups excluding carboxylic acids is 2. The van der Waals surface area contributed by atoms with Crippen molar-refractivity contribution in [3.05, 3.63) is 36.2 Å². The lowest BCUT2D eigenvalue weighted by atomic mass is 10.2. The minimum atomic E-state index is -3.33. The molecule has 0 fully saturated rings. The molecule has 1 atom stereocenters. The van der Waals surface area contributed by atoms with Crippen LogP contribution in [-0.4, -0.2) is 42.5 Å². The van der Waals surface area contributed by atoms with Crippen LogP contribution in [-0.2, 0) is 14.6 Å². The molecule has 1 heterocycles. The van der Waals surface area contributed by atoms with E-state index in [0.717, 1.165) is 6.26 Å². The minimum absolute atomic E-state index is 0.0546. The van der Waals surface area contributed by atoms with Crippen LogP contribution in [0, 0.1) is 0 Å². The second-order valence-electron chi connectivity index (χ2n) is 5.75. The quantitative estimate of drug-likeness (QED) is 0.500. The normalized spacial score (nSPS) is 12.2. The van der Waals surface area contributed by atoms with Crippen LogP contribution in [0.3, 0.4) is 0 Å². The van der Waals surface area contributed by atoms with Gasteiger partial charge in [-0.15, -0.1) is 0 Å². The summed E-state index contributed by atoms with van der Waals surface area (Å²) in [6.45, 7) is 1.77. The largest absolute Gasteiger partial charge is 0.368 e. The van der Waals surface area contributed by atoms with Gasteiger partial charge in [-0.3, -0.25) is 9.59 Å². The predicted octanol–water partition coefficient (Wildman–Crippen LogP) is 0.398. The van der Waals surface area contributed by atoms with Gasteiger partial charge in [0.1, 0.15) is 11.9 Å². The summed E-state index contributed by atoms with van der Waals surface area (Å²) in [5.41, 5.74) is 11.0. The highest BCUT2D eigenvalue weighted by Gasteiger charge is 2.17. The van der Waals surface area contributed by atoms with E-state index in [2.05, 4.69) is 20.6 Å². The maximum atomic E-state index is 11.6. The average Bonchev–Trinajstić information content (AvgIpc) is 2.59. The maximum absolute atomic E-state index is 11.6. The van der Waals surface area contributed by atoms with Gasteiger partial charge in [0.15, 0.2) is 21.3 Å². The summed E-state index contributed by atoms with van der Waals surface area (Å²) in [6.07, 6.45) is 2.80. The number of rotatable bonds is 8. The number of aromatic nitrogens is 2. The van der Waals surface area contributed by atoms with Crippen LogP contribution < -0.4 is 22.1 Å². The number of primary amides is 2. The first-order valence-electron chi connectivity index (χ1n) is 7.91. The van der Waals surface area contributed by atoms with E-state index >= 15 is 0 Å². The van der Waals surface area contributed by atoms with Crippen LogP contribution in [0.5, 0.6) is 0 Å². The van der Waals surface area contributed by atoms with E-state index in [-0.39, 0.29) is 22.2 Å². The molecule has 1 unspecified atom stereocenters. The fraction of sp³-hybridized carbons (Fsp3) is 0.250. The molecule has 10 nitrogen and oxygen atoms in total. The Balaban J connectivity index is 2.34. The lowest BCUT2D eigenvalue weighted by Gasteiger charge is -2.15. The van der Waals surface area contributed by atoms with Crippen LogP contribution in [0.25, 0.3) is 0 Å². The Kier molecular flexibility index (Phi) is 5.95. The third-order valence-electron chi connectivity index (χ3n) is 3.62. The third-order valence-corrected chi connectivity index (χ3v) is 4.75. The summed E-state index contributed by atoms with van der Waals surface area (Å²) < 4.78 is 23.1. The number of nitrogens with one attached hydrogen (secondary N) is 2. The first kappa shape index (κ1) is 20.1. The number of sulfone groups is 1. The molecule has 0 aliphatic heterocycles. The molecule has 0 bridgehead atoms. The zero-order valence-corrected chi connectivity index (χ0v) is 15.6. The summed E-state index contributed by atoms with van der Waals surface area (Å²) >= 11 is 0. The van der Waals surface area contributed by atoms with Gasteiger partial charge >= 0.3 is 0 Å². The number of hydrogen-bond donors (Lipinski definition) is 4. The van der Waals surface area contributed by atoms with Crippen LogP contribution >= 0.6 is 0 Å². The molecule has 0 saturated carbocycles. The molecule has 2 rings (SSSR count). The lowest BCUT2D eigenvalue weighted by molar-refractivity contribution is -0.118. The van der Waals surface area contributed by atoms with Crippen molar-refractivity contribution < 1.29 is 18.0 Å². The molecule has 2 amide bonds. The Morgan fingerprint density at radius 2 is 1.81 bits per heavy atom. The van der Waals surface area contributed by atoms with E-state index in [1.54, 1.807) is 6.92 Å². The molecule has 1 aromatic carbocycles. The Morgan fingerprint density at radius 3 is 2.30 bits per heavy atom. The molecule has 0 saturated heterocycles. The van der Waals surface area contributed by atoms with Gasteiger partial charge in [0.2, 0.25) is 5.91 Å². The molecule has 6 N–H and O–H groups in total. The SMILES string of the molecule is CCC(Nc1cnc(C(N)=O)c(Nc2ccc(S(C)(=O)=O)cc2)n1)C(N)=O. The summed E-state index contributed by atoms with van der Waals surface area (Å²) in [6, 6.07) is 5.21. The van der Waals surface area contributed by atoms with E-state index in [9.17, 15) is 18.0 Å². The van der Waals surface area contributed by atoms with Crippen molar-refractivity contribution in [3.8, 4) is 0 Å². The monoisotopic (exact) mass is 392 g/mol. The first-order chi connectivity index (χ1) is 12.6. The van der Waals surface area contributed by atoms with Crippen LogP contribution in [0.1, 0.15) is 23.8 Å². The fourth-order valence-corrected chi connectivity index (χ4v) is 2.83. The van der Waals surface area contributed by atoms with Gasteiger partial charge in [-0.1, -0.05) is 6.92 Å². The van der Waals surface area contributed by atoms with Crippen molar-refractivity contribution in [2.75, 3.05) is 16.9 Å². The van der Waals surface area contributed by atoms with Crippen LogP contribution in [0.15, 0.2) is 35.4 Å². The zero-order valence-electron chi connectivity index (χ0n) is 14.8. The van der Waals surface area contributed by atoms with Gasteiger partial charge in [0, 0.05) is 11.9 Å². The Morgan fingerprint density at radius 1 is 1.19 bits per heavy atom. The van der Waals surface area contributed by atoms with E-state index in [4.69, 9.17) is 11.5 Å². The van der Waals surface area contributed by atoms with Crippen LogP contribution in [0.4, 0.5) is 17.3 Å². The van der Waals surface area contributed by atoms with Gasteiger partial charge in [-0.25, -0.2) is 18.4 Å². The standard InChI is InChI=1S/C16H20N6O4S/c1-3-11(14(17)23)21-12-8-19-13(15(18)24)16(22-12)20-9-4-6-10(7-5-9)27(2,25)26/h4-8,11H,3H2,1-2H3,(H2,17,23)(H2,18,24)(H2,20,21,22). The minimum Gasteiger partial charge on any atom is -0.368 e. The number of anilines is 3. The molecule has 0 aliphatic carbocycles. The number of nitrogens with zero attached hydrogens (tertiary/aromatic N) is 2. The topological polar surface area (TPSA) is 170 Å². The Labute approximate surface area is 156 Å². The zero-order chi connectivity index (χ0) is 20.2. The Hall–Kier alpha value is -3.21. The van der Waals surface area contributed by atoms with Crippen molar-refractivity contribution in [1.29, 1.82) is 0 Å². The highest BCUT2D eigenvalue weighted by Crippen LogP contribution is 2.21. The number of benzene rings is 1. The van der Waals surface area contributed by atoms with E-state index in [1.807, 2.05) is 0 Å². The number of carbonyl (C=O) groups is 2. The molecule has 0 aliphatic rings. The number of nitrogens with two attached hydrogens (primary N) is 2. The van der Waals surface area contributed by atoms with Gasteiger partial charge in [0.25, 0.3) is 5.91 Å². The highest BCUT2D eigenvalue weighted by atomic mass is 32.2. The van der Waals surface area contributed by atoms with Gasteiger partial charge in [-0.2, -0.15) is 0 Å². The molecule has 11 heteroatoms. The van der Waals surface area contributed by atoms with Crippen molar-refractivity contribution in [2.45, 2.75) is 24.3 Å². The lowest BCUT2D eigenvalue weighted by Crippen LogP contribution is -2.35. The third kappa shape index (κ3) is 5.14. The molecule has 27 heavy (non-hydrogen) atoms. The summed E-state index contributed by atoms with van der Waals surface area (Å²) in [5, 5.41) is 5.70. The average molecular weight is 392 g/mol. The summed E-state index contributed by atoms with van der Waals surface area (Å²) in [7, 11) is -3.33. The molecule has 1 aromatic heterocycles. The molecule has 144 valence electrons. The van der Waals surface area contributed by atoms with Crippen molar-refractivity contribution in [1.82, 2.24) is 9.97 Å². The number of hydrogen-bond acceptors (Lipinski definition) is 8. The van der Waals surface area contributed by atoms with E-state index in [0.29, 0.717) is 12.1 Å². The molecular formula is C16H20N6O4S. The Bertz CT molecular complexity index is 959. The van der Waals surface area contributed by atoms with Gasteiger partial charge < -0.3 is 22.1 Å². The smallest absolute Gasteiger partial charge is 0.271 e. The number of amides is 2. The highest BCUT2D eigenvalue weighted by molar-refractivity contribution is 7.90. The van der Waals surface area contributed by atoms with Gasteiger partial charge in [-0.05, 0) is 30.7 Å². The fourth-order valence-electron chi connectivity index (χ4n) is 2.20. The second kappa shape index (κ2) is 7.99. The van der Waals surface area contributed by atoms with Crippen molar-refractivity contribution in [3.63, 3.8) is 0 Å². The maximum Gasteiger partial charge on any atom is 0.271 e. The van der Waals surface area contributed by atoms with E-state index < -0.39 is 27.7 Å². The summed E-state index contributed by atoms with van der Waals surface area (Å²) in [5.74, 6) is -1.07. The molecule has 0 radical (unpaired) electrons. The van der Waals surface area contributed by atoms with Gasteiger partial charge in [0.05, 0.1) is 11.1 Å². The first-order valence-corrected chi connectivity index (χ1v) is 9.80. The van der Waals surface area contributed by atoms with Crippen molar-refractivity contribution in [2.24, 2.45) is 11.5 Å². The summed E-state index contributed by atoms with van der Waals surface area (Å²) in [4.78, 5) is 31.3. The molecule has 2 aromatic rings. The van der Waals surface area contributed by atoms with Crippen LogP contribution in [0.2, 0.25) is 0 Å². The van der Waals surface area contributed by atoms with E-state index in [1.165, 1.54) is 30.5 Å².